The van der Waals surface area contributed by atoms with Crippen molar-refractivity contribution < 1.29 is 0 Å². The number of hydrogen-bond donors (Lipinski definition) is 0. The van der Waals surface area contributed by atoms with E-state index in [4.69, 9.17) is 0 Å². The maximum Gasteiger partial charge on any atom is 0.107 e. The molecule has 2 heteroatoms. The van der Waals surface area contributed by atoms with Crippen molar-refractivity contribution in [1.82, 2.24) is 4.90 Å². The van der Waals surface area contributed by atoms with Crippen LogP contribution in [-0.4, -0.2) is 29.4 Å². The van der Waals surface area contributed by atoms with Crippen molar-refractivity contribution in [1.29, 1.82) is 0 Å². The van der Waals surface area contributed by atoms with Gasteiger partial charge in [0.05, 0.1) is 11.8 Å². The lowest BCUT2D eigenvalue weighted by atomic mass is 10.1. The number of nitrogens with zero attached hydrogens (tertiary/aromatic N) is 2. The Morgan fingerprint density at radius 2 is 2.25 bits per heavy atom. The number of hydrogen-bond acceptors (Lipinski definition) is 2. The van der Waals surface area contributed by atoms with Gasteiger partial charge in [-0.3, -0.25) is 9.89 Å². The van der Waals surface area contributed by atoms with Gasteiger partial charge in [0.25, 0.3) is 0 Å². The maximum atomic E-state index is 4.68. The summed E-state index contributed by atoms with van der Waals surface area (Å²) in [6.45, 7) is 1.09. The van der Waals surface area contributed by atoms with Gasteiger partial charge in [-0.25, -0.2) is 0 Å². The zero-order valence-electron chi connectivity index (χ0n) is 6.98. The van der Waals surface area contributed by atoms with E-state index < -0.39 is 0 Å². The van der Waals surface area contributed by atoms with Gasteiger partial charge in [-0.2, -0.15) is 0 Å². The van der Waals surface area contributed by atoms with E-state index >= 15 is 0 Å². The summed E-state index contributed by atoms with van der Waals surface area (Å²) in [6, 6.07) is 0.611. The average molecular weight is 160 g/mol. The summed E-state index contributed by atoms with van der Waals surface area (Å²) in [4.78, 5) is 7.17. The minimum absolute atomic E-state index is 0.458. The Morgan fingerprint density at radius 3 is 3.25 bits per heavy atom. The first kappa shape index (κ1) is 6.61. The van der Waals surface area contributed by atoms with Gasteiger partial charge in [0.1, 0.15) is 6.17 Å². The van der Waals surface area contributed by atoms with Crippen molar-refractivity contribution in [3.63, 3.8) is 0 Å². The largest absolute Gasteiger partial charge is 0.269 e. The first-order valence-electron chi connectivity index (χ1n) is 4.60. The fourth-order valence-electron chi connectivity index (χ4n) is 2.29. The molecule has 12 heavy (non-hydrogen) atoms. The van der Waals surface area contributed by atoms with E-state index in [1.165, 1.54) is 12.1 Å². The third kappa shape index (κ3) is 0.758. The van der Waals surface area contributed by atoms with E-state index in [-0.39, 0.29) is 0 Å². The highest BCUT2D eigenvalue weighted by Crippen LogP contribution is 2.28. The molecule has 0 saturated carbocycles. The van der Waals surface area contributed by atoms with Crippen LogP contribution in [0, 0.1) is 0 Å². The highest BCUT2D eigenvalue weighted by atomic mass is 15.3. The van der Waals surface area contributed by atoms with Crippen LogP contribution in [0.25, 0.3) is 0 Å². The zero-order chi connectivity index (χ0) is 7.97. The predicted molar refractivity (Wildman–Crippen MR) is 49.2 cm³/mol. The molecule has 1 aliphatic carbocycles. The van der Waals surface area contributed by atoms with E-state index in [2.05, 4.69) is 34.2 Å². The molecule has 3 rings (SSSR count). The van der Waals surface area contributed by atoms with Crippen molar-refractivity contribution in [2.24, 2.45) is 4.99 Å². The fraction of sp³-hybridized carbons (Fsp3) is 0.500. The summed E-state index contributed by atoms with van der Waals surface area (Å²) in [6.07, 6.45) is 11.7. The van der Waals surface area contributed by atoms with Crippen LogP contribution in [-0.2, 0) is 0 Å². The molecule has 0 N–H and O–H groups in total. The normalized spacial score (nSPS) is 38.2. The minimum atomic E-state index is 0.458. The highest BCUT2D eigenvalue weighted by Gasteiger charge is 2.36. The van der Waals surface area contributed by atoms with Gasteiger partial charge in [0.2, 0.25) is 0 Å². The summed E-state index contributed by atoms with van der Waals surface area (Å²) in [5.74, 6) is 0. The third-order valence-electron chi connectivity index (χ3n) is 2.90. The third-order valence-corrected chi connectivity index (χ3v) is 2.90. The van der Waals surface area contributed by atoms with Crippen molar-refractivity contribution in [2.45, 2.75) is 25.0 Å². The molecule has 0 amide bonds. The second-order valence-corrected chi connectivity index (χ2v) is 3.59. The Balaban J connectivity index is 1.95. The standard InChI is InChI=1S/C10H12N2/c1-2-7-12-9-5-3-4-8(9)11-10(12)6-1/h1-4,9-10H,5-7H2. The Bertz CT molecular complexity index is 288. The molecule has 0 aromatic carbocycles. The van der Waals surface area contributed by atoms with E-state index in [9.17, 15) is 0 Å². The Hall–Kier alpha value is -0.890. The van der Waals surface area contributed by atoms with Gasteiger partial charge in [-0.15, -0.1) is 0 Å². The van der Waals surface area contributed by atoms with E-state index in [1.54, 1.807) is 0 Å². The van der Waals surface area contributed by atoms with Gasteiger partial charge in [-0.1, -0.05) is 18.2 Å². The SMILES string of the molecule is C1=CCN2C(C1)N=C1C=CCC12. The van der Waals surface area contributed by atoms with Crippen molar-refractivity contribution >= 4 is 5.71 Å². The van der Waals surface area contributed by atoms with Gasteiger partial charge < -0.3 is 0 Å². The Labute approximate surface area is 72.3 Å². The molecule has 0 aromatic rings. The van der Waals surface area contributed by atoms with Gasteiger partial charge >= 0.3 is 0 Å². The molecule has 0 aromatic heterocycles. The van der Waals surface area contributed by atoms with Crippen LogP contribution < -0.4 is 0 Å². The van der Waals surface area contributed by atoms with Crippen molar-refractivity contribution in [3.05, 3.63) is 24.3 Å². The molecule has 3 aliphatic rings. The monoisotopic (exact) mass is 160 g/mol. The van der Waals surface area contributed by atoms with Crippen LogP contribution in [0.2, 0.25) is 0 Å². The second kappa shape index (κ2) is 2.30. The van der Waals surface area contributed by atoms with Crippen molar-refractivity contribution in [3.8, 4) is 0 Å². The molecule has 0 radical (unpaired) electrons. The molecular formula is C10H12N2. The number of rotatable bonds is 0. The van der Waals surface area contributed by atoms with Crippen LogP contribution in [0.5, 0.6) is 0 Å². The van der Waals surface area contributed by atoms with E-state index in [0.29, 0.717) is 12.2 Å². The van der Waals surface area contributed by atoms with Crippen LogP contribution >= 0.6 is 0 Å². The average Bonchev–Trinajstić information content (AvgIpc) is 2.62. The topological polar surface area (TPSA) is 15.6 Å². The molecule has 2 nitrogen and oxygen atoms in total. The number of fused-ring (bicyclic) bond motifs is 3. The summed E-state index contributed by atoms with van der Waals surface area (Å²) < 4.78 is 0. The molecule has 0 bridgehead atoms. The van der Waals surface area contributed by atoms with Gasteiger partial charge in [-0.05, 0) is 12.5 Å². The molecule has 2 aliphatic heterocycles. The molecule has 0 spiro atoms. The molecule has 62 valence electrons. The molecular weight excluding hydrogens is 148 g/mol. The first-order chi connectivity index (χ1) is 5.95. The minimum Gasteiger partial charge on any atom is -0.269 e. The molecule has 0 fully saturated rings. The fourth-order valence-corrected chi connectivity index (χ4v) is 2.29. The lowest BCUT2D eigenvalue weighted by molar-refractivity contribution is 0.213. The zero-order valence-corrected chi connectivity index (χ0v) is 6.98. The molecule has 2 unspecified atom stereocenters. The highest BCUT2D eigenvalue weighted by molar-refractivity contribution is 6.02. The molecule has 2 heterocycles. The molecule has 0 saturated heterocycles. The van der Waals surface area contributed by atoms with E-state index in [1.807, 2.05) is 0 Å². The lowest BCUT2D eigenvalue weighted by Crippen LogP contribution is -2.39. The first-order valence-corrected chi connectivity index (χ1v) is 4.60. The summed E-state index contributed by atoms with van der Waals surface area (Å²) in [5.41, 5.74) is 1.31. The number of aliphatic imine (C=N–C) groups is 1. The second-order valence-electron chi connectivity index (χ2n) is 3.59. The lowest BCUT2D eigenvalue weighted by Gasteiger charge is -2.28. The summed E-state index contributed by atoms with van der Waals surface area (Å²) >= 11 is 0. The van der Waals surface area contributed by atoms with Crippen LogP contribution in [0.1, 0.15) is 12.8 Å². The van der Waals surface area contributed by atoms with Crippen molar-refractivity contribution in [2.75, 3.05) is 6.54 Å². The van der Waals surface area contributed by atoms with Gasteiger partial charge in [0.15, 0.2) is 0 Å². The Kier molecular flexibility index (Phi) is 1.27. The van der Waals surface area contributed by atoms with Crippen LogP contribution in [0.4, 0.5) is 0 Å². The summed E-state index contributed by atoms with van der Waals surface area (Å²) in [5, 5.41) is 0. The van der Waals surface area contributed by atoms with Crippen LogP contribution in [0.3, 0.4) is 0 Å². The predicted octanol–water partition coefficient (Wildman–Crippen LogP) is 1.36. The van der Waals surface area contributed by atoms with E-state index in [0.717, 1.165) is 13.0 Å². The maximum absolute atomic E-state index is 4.68. The smallest absolute Gasteiger partial charge is 0.107 e. The van der Waals surface area contributed by atoms with Crippen LogP contribution in [0.15, 0.2) is 29.3 Å². The summed E-state index contributed by atoms with van der Waals surface area (Å²) in [7, 11) is 0. The Morgan fingerprint density at radius 1 is 1.25 bits per heavy atom. The van der Waals surface area contributed by atoms with Gasteiger partial charge in [0, 0.05) is 13.0 Å². The quantitative estimate of drug-likeness (QED) is 0.488. The molecule has 2 atom stereocenters.